The van der Waals surface area contributed by atoms with Crippen LogP contribution in [0.3, 0.4) is 0 Å². The summed E-state index contributed by atoms with van der Waals surface area (Å²) in [5.74, 6) is 1.61. The maximum absolute atomic E-state index is 5.87. The van der Waals surface area contributed by atoms with Crippen molar-refractivity contribution in [2.24, 2.45) is 7.05 Å². The molecule has 1 aromatic heterocycles. The van der Waals surface area contributed by atoms with Gasteiger partial charge in [0.15, 0.2) is 5.75 Å². The molecule has 0 spiro atoms. The van der Waals surface area contributed by atoms with Crippen LogP contribution in [0.1, 0.15) is 18.9 Å². The second kappa shape index (κ2) is 6.73. The minimum absolute atomic E-state index is 0.751. The summed E-state index contributed by atoms with van der Waals surface area (Å²) >= 11 is 3.50. The van der Waals surface area contributed by atoms with Gasteiger partial charge in [-0.2, -0.15) is 5.10 Å². The molecule has 1 aromatic carbocycles. The number of ether oxygens (including phenoxy) is 1. The van der Waals surface area contributed by atoms with Gasteiger partial charge in [0.25, 0.3) is 0 Å². The Kier molecular flexibility index (Phi) is 4.99. The van der Waals surface area contributed by atoms with E-state index in [1.54, 1.807) is 10.9 Å². The molecule has 1 N–H and O–H groups in total. The minimum Gasteiger partial charge on any atom is -0.454 e. The monoisotopic (exact) mass is 323 g/mol. The molecule has 2 aromatic rings. The van der Waals surface area contributed by atoms with E-state index in [-0.39, 0.29) is 0 Å². The number of aryl methyl sites for hydroxylation is 1. The molecule has 0 saturated heterocycles. The van der Waals surface area contributed by atoms with Crippen LogP contribution in [-0.4, -0.2) is 16.3 Å². The van der Waals surface area contributed by atoms with Crippen molar-refractivity contribution in [3.8, 4) is 11.5 Å². The summed E-state index contributed by atoms with van der Waals surface area (Å²) in [7, 11) is 1.87. The Bertz CT molecular complexity index is 539. The van der Waals surface area contributed by atoms with Gasteiger partial charge in [-0.3, -0.25) is 4.68 Å². The van der Waals surface area contributed by atoms with Gasteiger partial charge in [0.2, 0.25) is 0 Å². The summed E-state index contributed by atoms with van der Waals surface area (Å²) in [4.78, 5) is 0. The molecule has 0 amide bonds. The molecule has 0 saturated carbocycles. The molecule has 0 aliphatic heterocycles. The Morgan fingerprint density at radius 3 is 2.95 bits per heavy atom. The fourth-order valence-electron chi connectivity index (χ4n) is 1.76. The molecule has 5 heteroatoms. The molecule has 0 fully saturated rings. The van der Waals surface area contributed by atoms with E-state index in [4.69, 9.17) is 4.74 Å². The Morgan fingerprint density at radius 1 is 1.42 bits per heavy atom. The zero-order valence-electron chi connectivity index (χ0n) is 11.2. The smallest absolute Gasteiger partial charge is 0.165 e. The fraction of sp³-hybridized carbons (Fsp3) is 0.357. The van der Waals surface area contributed by atoms with Crippen molar-refractivity contribution in [1.29, 1.82) is 0 Å². The Balaban J connectivity index is 2.14. The number of aromatic nitrogens is 2. The first kappa shape index (κ1) is 14.1. The van der Waals surface area contributed by atoms with Crippen LogP contribution in [0.25, 0.3) is 0 Å². The van der Waals surface area contributed by atoms with Gasteiger partial charge >= 0.3 is 0 Å². The molecule has 0 aliphatic rings. The summed E-state index contributed by atoms with van der Waals surface area (Å²) in [6.45, 7) is 3.95. The number of halogens is 1. The average Bonchev–Trinajstić information content (AvgIpc) is 2.78. The van der Waals surface area contributed by atoms with Crippen LogP contribution in [0.4, 0.5) is 0 Å². The van der Waals surface area contributed by atoms with Crippen molar-refractivity contribution < 1.29 is 4.74 Å². The first-order valence-electron chi connectivity index (χ1n) is 6.34. The van der Waals surface area contributed by atoms with Crippen molar-refractivity contribution in [2.45, 2.75) is 19.9 Å². The highest BCUT2D eigenvalue weighted by Crippen LogP contribution is 2.27. The van der Waals surface area contributed by atoms with Crippen LogP contribution >= 0.6 is 15.9 Å². The predicted molar refractivity (Wildman–Crippen MR) is 79.4 cm³/mol. The second-order valence-corrected chi connectivity index (χ2v) is 5.30. The standard InChI is InChI=1S/C14H18BrN3O/c1-3-6-16-8-11-7-12(15)4-5-14(11)19-13-9-17-18(2)10-13/h4-5,7,9-10,16H,3,6,8H2,1-2H3. The molecule has 0 bridgehead atoms. The Morgan fingerprint density at radius 2 is 2.26 bits per heavy atom. The lowest BCUT2D eigenvalue weighted by molar-refractivity contribution is 0.472. The number of benzene rings is 1. The maximum Gasteiger partial charge on any atom is 0.165 e. The first-order chi connectivity index (χ1) is 9.19. The normalized spacial score (nSPS) is 10.7. The van der Waals surface area contributed by atoms with Crippen LogP contribution in [0.2, 0.25) is 0 Å². The molecule has 0 radical (unpaired) electrons. The molecule has 2 rings (SSSR count). The highest BCUT2D eigenvalue weighted by atomic mass is 79.9. The summed E-state index contributed by atoms with van der Waals surface area (Å²) in [5.41, 5.74) is 1.13. The quantitative estimate of drug-likeness (QED) is 0.827. The van der Waals surface area contributed by atoms with Crippen LogP contribution in [0.5, 0.6) is 11.5 Å². The van der Waals surface area contributed by atoms with E-state index in [1.807, 2.05) is 25.4 Å². The van der Waals surface area contributed by atoms with Gasteiger partial charge in [-0.15, -0.1) is 0 Å². The van der Waals surface area contributed by atoms with Crippen LogP contribution in [0.15, 0.2) is 35.1 Å². The van der Waals surface area contributed by atoms with E-state index in [2.05, 4.69) is 39.3 Å². The van der Waals surface area contributed by atoms with E-state index >= 15 is 0 Å². The molecule has 19 heavy (non-hydrogen) atoms. The van der Waals surface area contributed by atoms with Crippen molar-refractivity contribution >= 4 is 15.9 Å². The molecule has 4 nitrogen and oxygen atoms in total. The van der Waals surface area contributed by atoms with Crippen molar-refractivity contribution in [3.05, 3.63) is 40.6 Å². The van der Waals surface area contributed by atoms with Gasteiger partial charge in [0.1, 0.15) is 5.75 Å². The average molecular weight is 324 g/mol. The van der Waals surface area contributed by atoms with E-state index < -0.39 is 0 Å². The SMILES string of the molecule is CCCNCc1cc(Br)ccc1Oc1cnn(C)c1. The van der Waals surface area contributed by atoms with Crippen LogP contribution in [-0.2, 0) is 13.6 Å². The van der Waals surface area contributed by atoms with Crippen molar-refractivity contribution in [1.82, 2.24) is 15.1 Å². The Labute approximate surface area is 121 Å². The van der Waals surface area contributed by atoms with E-state index in [9.17, 15) is 0 Å². The van der Waals surface area contributed by atoms with E-state index in [1.165, 1.54) is 0 Å². The van der Waals surface area contributed by atoms with Gasteiger partial charge in [-0.25, -0.2) is 0 Å². The van der Waals surface area contributed by atoms with Crippen LogP contribution < -0.4 is 10.1 Å². The molecule has 0 unspecified atom stereocenters. The highest BCUT2D eigenvalue weighted by Gasteiger charge is 2.07. The van der Waals surface area contributed by atoms with Gasteiger partial charge in [0.05, 0.1) is 12.4 Å². The first-order valence-corrected chi connectivity index (χ1v) is 7.14. The van der Waals surface area contributed by atoms with E-state index in [0.29, 0.717) is 0 Å². The summed E-state index contributed by atoms with van der Waals surface area (Å²) in [6, 6.07) is 6.03. The van der Waals surface area contributed by atoms with Gasteiger partial charge in [0, 0.05) is 23.6 Å². The number of nitrogens with zero attached hydrogens (tertiary/aromatic N) is 2. The third-order valence-electron chi connectivity index (χ3n) is 2.67. The van der Waals surface area contributed by atoms with E-state index in [0.717, 1.165) is 41.0 Å². The van der Waals surface area contributed by atoms with Gasteiger partial charge < -0.3 is 10.1 Å². The van der Waals surface area contributed by atoms with Crippen molar-refractivity contribution in [3.63, 3.8) is 0 Å². The lowest BCUT2D eigenvalue weighted by Gasteiger charge is -2.11. The predicted octanol–water partition coefficient (Wildman–Crippen LogP) is 3.47. The van der Waals surface area contributed by atoms with Gasteiger partial charge in [-0.05, 0) is 31.2 Å². The molecular weight excluding hydrogens is 306 g/mol. The molecule has 1 heterocycles. The molecule has 0 aliphatic carbocycles. The number of hydrogen-bond acceptors (Lipinski definition) is 3. The van der Waals surface area contributed by atoms with Crippen LogP contribution in [0, 0.1) is 0 Å². The number of hydrogen-bond donors (Lipinski definition) is 1. The lowest BCUT2D eigenvalue weighted by Crippen LogP contribution is -2.14. The largest absolute Gasteiger partial charge is 0.454 e. The zero-order chi connectivity index (χ0) is 13.7. The van der Waals surface area contributed by atoms with Crippen molar-refractivity contribution in [2.75, 3.05) is 6.54 Å². The minimum atomic E-state index is 0.751. The number of nitrogens with one attached hydrogen (secondary N) is 1. The molecule has 0 atom stereocenters. The summed E-state index contributed by atoms with van der Waals surface area (Å²) in [5, 5.41) is 7.49. The summed E-state index contributed by atoms with van der Waals surface area (Å²) in [6.07, 6.45) is 4.68. The third-order valence-corrected chi connectivity index (χ3v) is 3.17. The second-order valence-electron chi connectivity index (χ2n) is 4.38. The number of rotatable bonds is 6. The highest BCUT2D eigenvalue weighted by molar-refractivity contribution is 9.10. The fourth-order valence-corrected chi connectivity index (χ4v) is 2.17. The molecular formula is C14H18BrN3O. The maximum atomic E-state index is 5.87. The topological polar surface area (TPSA) is 39.1 Å². The lowest BCUT2D eigenvalue weighted by atomic mass is 10.2. The third kappa shape index (κ3) is 4.08. The molecule has 102 valence electrons. The van der Waals surface area contributed by atoms with Gasteiger partial charge in [-0.1, -0.05) is 22.9 Å². The summed E-state index contributed by atoms with van der Waals surface area (Å²) < 4.78 is 8.65. The Hall–Kier alpha value is -1.33. The zero-order valence-corrected chi connectivity index (χ0v) is 12.8.